The van der Waals surface area contributed by atoms with E-state index in [0.717, 1.165) is 0 Å². The minimum atomic E-state index is -0.335. The van der Waals surface area contributed by atoms with Crippen LogP contribution in [0.2, 0.25) is 5.02 Å². The third-order valence-electron chi connectivity index (χ3n) is 2.47. The van der Waals surface area contributed by atoms with E-state index in [2.05, 4.69) is 10.3 Å². The van der Waals surface area contributed by atoms with Crippen molar-refractivity contribution in [1.29, 1.82) is 0 Å². The molecule has 0 aliphatic rings. The van der Waals surface area contributed by atoms with Crippen LogP contribution < -0.4 is 15.8 Å². The molecular weight excluding hydrogens is 278 g/mol. The van der Waals surface area contributed by atoms with Crippen molar-refractivity contribution in [3.8, 4) is 11.5 Å². The van der Waals surface area contributed by atoms with Crippen LogP contribution in [0.25, 0.3) is 0 Å². The number of aromatic nitrogens is 1. The van der Waals surface area contributed by atoms with Gasteiger partial charge in [0.2, 0.25) is 0 Å². The van der Waals surface area contributed by atoms with E-state index in [1.54, 1.807) is 36.4 Å². The number of carbonyl (C=O) groups is 1. The van der Waals surface area contributed by atoms with Gasteiger partial charge in [-0.1, -0.05) is 23.7 Å². The molecule has 0 radical (unpaired) electrons. The van der Waals surface area contributed by atoms with Crippen LogP contribution in [-0.4, -0.2) is 24.0 Å². The Morgan fingerprint density at radius 1 is 1.25 bits per heavy atom. The van der Waals surface area contributed by atoms with Crippen LogP contribution in [0.3, 0.4) is 0 Å². The van der Waals surface area contributed by atoms with Crippen molar-refractivity contribution in [2.24, 2.45) is 5.73 Å². The first kappa shape index (κ1) is 14.3. The molecule has 0 aliphatic carbocycles. The number of amides is 1. The quantitative estimate of drug-likeness (QED) is 0.885. The van der Waals surface area contributed by atoms with Gasteiger partial charge in [-0.2, -0.15) is 0 Å². The molecule has 1 aromatic heterocycles. The number of hydrogen-bond acceptors (Lipinski definition) is 4. The Hall–Kier alpha value is -2.11. The first-order valence-electron chi connectivity index (χ1n) is 6.08. The monoisotopic (exact) mass is 291 g/mol. The molecule has 2 aromatic rings. The summed E-state index contributed by atoms with van der Waals surface area (Å²) in [7, 11) is 0. The second-order valence-electron chi connectivity index (χ2n) is 3.93. The van der Waals surface area contributed by atoms with Crippen molar-refractivity contribution in [3.05, 3.63) is 53.3 Å². The number of carbonyl (C=O) groups excluding carboxylic acids is 1. The van der Waals surface area contributed by atoms with Gasteiger partial charge in [-0.3, -0.25) is 4.79 Å². The van der Waals surface area contributed by atoms with Crippen LogP contribution in [0.15, 0.2) is 42.6 Å². The highest BCUT2D eigenvalue weighted by Gasteiger charge is 2.14. The number of nitrogens with one attached hydrogen (secondary N) is 1. The predicted molar refractivity (Wildman–Crippen MR) is 77.2 cm³/mol. The maximum Gasteiger partial charge on any atom is 0.273 e. The molecule has 3 N–H and O–H groups in total. The molecule has 0 aliphatic heterocycles. The van der Waals surface area contributed by atoms with Crippen LogP contribution in [0.5, 0.6) is 11.5 Å². The minimum Gasteiger partial charge on any atom is -0.453 e. The maximum atomic E-state index is 12.0. The highest BCUT2D eigenvalue weighted by molar-refractivity contribution is 6.32. The number of ether oxygens (including phenoxy) is 1. The molecule has 104 valence electrons. The molecule has 0 saturated heterocycles. The Labute approximate surface area is 121 Å². The van der Waals surface area contributed by atoms with E-state index in [1.165, 1.54) is 6.20 Å². The summed E-state index contributed by atoms with van der Waals surface area (Å²) in [4.78, 5) is 16.0. The average Bonchev–Trinajstić information content (AvgIpc) is 2.48. The lowest BCUT2D eigenvalue weighted by Gasteiger charge is -2.11. The molecule has 1 amide bonds. The molecule has 1 aromatic carbocycles. The Balaban J connectivity index is 2.24. The highest BCUT2D eigenvalue weighted by Crippen LogP contribution is 2.29. The van der Waals surface area contributed by atoms with E-state index in [9.17, 15) is 4.79 Å². The number of nitrogens with two attached hydrogens (primary N) is 1. The van der Waals surface area contributed by atoms with Crippen LogP contribution in [0.4, 0.5) is 0 Å². The van der Waals surface area contributed by atoms with Crippen LogP contribution in [0, 0.1) is 0 Å². The summed E-state index contributed by atoms with van der Waals surface area (Å²) in [5.74, 6) is 0.475. The standard InChI is InChI=1S/C14H14ClN3O2/c15-10-4-1-2-5-11(10)20-12-6-3-8-17-13(12)14(19)18-9-7-16/h1-6,8H,7,9,16H2,(H,18,19). The largest absolute Gasteiger partial charge is 0.453 e. The Morgan fingerprint density at radius 3 is 2.75 bits per heavy atom. The lowest BCUT2D eigenvalue weighted by atomic mass is 10.3. The fourth-order valence-electron chi connectivity index (χ4n) is 1.56. The molecule has 0 unspecified atom stereocenters. The Morgan fingerprint density at radius 2 is 2.00 bits per heavy atom. The fourth-order valence-corrected chi connectivity index (χ4v) is 1.73. The smallest absolute Gasteiger partial charge is 0.273 e. The number of para-hydroxylation sites is 1. The average molecular weight is 292 g/mol. The second kappa shape index (κ2) is 6.88. The normalized spacial score (nSPS) is 10.1. The first-order chi connectivity index (χ1) is 9.72. The van der Waals surface area contributed by atoms with Gasteiger partial charge in [0.05, 0.1) is 5.02 Å². The number of nitrogens with zero attached hydrogens (tertiary/aromatic N) is 1. The van der Waals surface area contributed by atoms with Gasteiger partial charge >= 0.3 is 0 Å². The second-order valence-corrected chi connectivity index (χ2v) is 4.33. The SMILES string of the molecule is NCCNC(=O)c1ncccc1Oc1ccccc1Cl. The zero-order valence-electron chi connectivity index (χ0n) is 10.7. The molecule has 2 rings (SSSR count). The van der Waals surface area contributed by atoms with E-state index in [4.69, 9.17) is 22.1 Å². The van der Waals surface area contributed by atoms with E-state index < -0.39 is 0 Å². The maximum absolute atomic E-state index is 12.0. The first-order valence-corrected chi connectivity index (χ1v) is 6.46. The summed E-state index contributed by atoms with van der Waals surface area (Å²) in [5.41, 5.74) is 5.55. The van der Waals surface area contributed by atoms with Crippen molar-refractivity contribution < 1.29 is 9.53 Å². The van der Waals surface area contributed by atoms with Gasteiger partial charge in [0.15, 0.2) is 11.4 Å². The zero-order chi connectivity index (χ0) is 14.4. The van der Waals surface area contributed by atoms with Gasteiger partial charge in [-0.25, -0.2) is 4.98 Å². The molecular formula is C14H14ClN3O2. The lowest BCUT2D eigenvalue weighted by Crippen LogP contribution is -2.29. The zero-order valence-corrected chi connectivity index (χ0v) is 11.4. The lowest BCUT2D eigenvalue weighted by molar-refractivity contribution is 0.0947. The number of pyridine rings is 1. The van der Waals surface area contributed by atoms with E-state index >= 15 is 0 Å². The molecule has 5 nitrogen and oxygen atoms in total. The molecule has 0 spiro atoms. The van der Waals surface area contributed by atoms with E-state index in [1.807, 2.05) is 0 Å². The van der Waals surface area contributed by atoms with Crippen molar-refractivity contribution in [2.75, 3.05) is 13.1 Å². The van der Waals surface area contributed by atoms with Crippen molar-refractivity contribution in [1.82, 2.24) is 10.3 Å². The summed E-state index contributed by atoms with van der Waals surface area (Å²) < 4.78 is 5.65. The van der Waals surface area contributed by atoms with Gasteiger partial charge in [0, 0.05) is 19.3 Å². The van der Waals surface area contributed by atoms with Gasteiger partial charge in [0.1, 0.15) is 5.75 Å². The Bertz CT molecular complexity index is 604. The molecule has 0 fully saturated rings. The van der Waals surface area contributed by atoms with Crippen LogP contribution in [-0.2, 0) is 0 Å². The predicted octanol–water partition coefficient (Wildman–Crippen LogP) is 2.22. The van der Waals surface area contributed by atoms with Crippen molar-refractivity contribution in [2.45, 2.75) is 0 Å². The van der Waals surface area contributed by atoms with E-state index in [0.29, 0.717) is 29.6 Å². The number of halogens is 1. The number of hydrogen-bond donors (Lipinski definition) is 2. The van der Waals surface area contributed by atoms with Crippen molar-refractivity contribution in [3.63, 3.8) is 0 Å². The van der Waals surface area contributed by atoms with Gasteiger partial charge in [-0.15, -0.1) is 0 Å². The third-order valence-corrected chi connectivity index (χ3v) is 2.78. The van der Waals surface area contributed by atoms with Gasteiger partial charge in [0.25, 0.3) is 5.91 Å². The van der Waals surface area contributed by atoms with E-state index in [-0.39, 0.29) is 11.6 Å². The van der Waals surface area contributed by atoms with Crippen LogP contribution >= 0.6 is 11.6 Å². The summed E-state index contributed by atoms with van der Waals surface area (Å²) >= 11 is 6.03. The van der Waals surface area contributed by atoms with Gasteiger partial charge in [-0.05, 0) is 24.3 Å². The summed E-state index contributed by atoms with van der Waals surface area (Å²) in [6.45, 7) is 0.736. The minimum absolute atomic E-state index is 0.195. The molecule has 20 heavy (non-hydrogen) atoms. The molecule has 0 atom stereocenters. The molecule has 0 saturated carbocycles. The molecule has 0 bridgehead atoms. The summed E-state index contributed by atoms with van der Waals surface area (Å²) in [5, 5.41) is 3.11. The summed E-state index contributed by atoms with van der Waals surface area (Å²) in [6, 6.07) is 10.4. The third kappa shape index (κ3) is 3.46. The highest BCUT2D eigenvalue weighted by atomic mass is 35.5. The Kier molecular flexibility index (Phi) is 4.92. The molecule has 6 heteroatoms. The van der Waals surface area contributed by atoms with Gasteiger partial charge < -0.3 is 15.8 Å². The fraction of sp³-hybridized carbons (Fsp3) is 0.143. The number of benzene rings is 1. The van der Waals surface area contributed by atoms with Crippen LogP contribution in [0.1, 0.15) is 10.5 Å². The summed E-state index contributed by atoms with van der Waals surface area (Å²) in [6.07, 6.45) is 1.52. The molecule has 1 heterocycles. The van der Waals surface area contributed by atoms with Crippen molar-refractivity contribution >= 4 is 17.5 Å². The topological polar surface area (TPSA) is 77.2 Å². The number of rotatable bonds is 5.